The molecule has 3 aromatic rings. The molecule has 2 aromatic carbocycles. The van der Waals surface area contributed by atoms with Crippen LogP contribution in [0.1, 0.15) is 11.3 Å². The molecule has 0 spiro atoms. The number of rotatable bonds is 6. The first kappa shape index (κ1) is 21.2. The second kappa shape index (κ2) is 10.9. The number of halogens is 2. The number of benzene rings is 2. The van der Waals surface area contributed by atoms with Crippen molar-refractivity contribution in [2.24, 2.45) is 4.99 Å². The maximum absolute atomic E-state index is 6.01. The lowest BCUT2D eigenvalue weighted by atomic mass is 10.1. The van der Waals surface area contributed by atoms with E-state index < -0.39 is 0 Å². The molecular weight excluding hydrogens is 475 g/mol. The minimum atomic E-state index is 0. The lowest BCUT2D eigenvalue weighted by molar-refractivity contribution is 0.422. The van der Waals surface area contributed by atoms with Crippen molar-refractivity contribution in [3.8, 4) is 11.3 Å². The summed E-state index contributed by atoms with van der Waals surface area (Å²) >= 11 is 6.01. The highest BCUT2D eigenvalue weighted by Gasteiger charge is 2.07. The molecule has 142 valence electrons. The summed E-state index contributed by atoms with van der Waals surface area (Å²) in [6.45, 7) is 1.29. The van der Waals surface area contributed by atoms with E-state index in [0.29, 0.717) is 6.54 Å². The van der Waals surface area contributed by atoms with Crippen molar-refractivity contribution in [3.05, 3.63) is 76.9 Å². The van der Waals surface area contributed by atoms with E-state index in [-0.39, 0.29) is 24.0 Å². The molecule has 0 aliphatic carbocycles. The van der Waals surface area contributed by atoms with Crippen molar-refractivity contribution < 1.29 is 4.52 Å². The summed E-state index contributed by atoms with van der Waals surface area (Å²) in [5.74, 6) is 1.47. The molecule has 0 bridgehead atoms. The Labute approximate surface area is 181 Å². The smallest absolute Gasteiger partial charge is 0.191 e. The molecule has 2 N–H and O–H groups in total. The Morgan fingerprint density at radius 3 is 2.63 bits per heavy atom. The van der Waals surface area contributed by atoms with Gasteiger partial charge in [0.25, 0.3) is 0 Å². The van der Waals surface area contributed by atoms with Crippen molar-refractivity contribution in [1.82, 2.24) is 15.8 Å². The summed E-state index contributed by atoms with van der Waals surface area (Å²) in [5.41, 5.74) is 3.02. The van der Waals surface area contributed by atoms with Gasteiger partial charge in [0.05, 0.1) is 6.54 Å². The van der Waals surface area contributed by atoms with Gasteiger partial charge in [-0.05, 0) is 24.1 Å². The molecule has 3 rings (SSSR count). The molecule has 1 aromatic heterocycles. The molecule has 0 unspecified atom stereocenters. The molecule has 0 aliphatic heterocycles. The standard InChI is InChI=1S/C20H21ClN4O.HI/c1-22-20(23-11-10-15-6-5-9-17(21)12-15)24-14-18-13-19(26-25-18)16-7-3-2-4-8-16;/h2-9,12-13H,10-11,14H2,1H3,(H2,22,23,24);1H. The van der Waals surface area contributed by atoms with E-state index in [1.54, 1.807) is 7.05 Å². The van der Waals surface area contributed by atoms with Gasteiger partial charge in [0.1, 0.15) is 5.69 Å². The van der Waals surface area contributed by atoms with Crippen molar-refractivity contribution >= 4 is 41.5 Å². The summed E-state index contributed by atoms with van der Waals surface area (Å²) < 4.78 is 5.40. The van der Waals surface area contributed by atoms with Gasteiger partial charge < -0.3 is 15.2 Å². The van der Waals surface area contributed by atoms with Gasteiger partial charge in [-0.15, -0.1) is 24.0 Å². The van der Waals surface area contributed by atoms with Gasteiger partial charge in [-0.3, -0.25) is 4.99 Å². The average Bonchev–Trinajstić information content (AvgIpc) is 3.14. The summed E-state index contributed by atoms with van der Waals surface area (Å²) in [7, 11) is 1.74. The third kappa shape index (κ3) is 6.55. The molecule has 0 saturated carbocycles. The van der Waals surface area contributed by atoms with Crippen LogP contribution < -0.4 is 10.6 Å². The van der Waals surface area contributed by atoms with Gasteiger partial charge >= 0.3 is 0 Å². The van der Waals surface area contributed by atoms with Crippen LogP contribution in [-0.2, 0) is 13.0 Å². The van der Waals surface area contributed by atoms with E-state index in [1.165, 1.54) is 5.56 Å². The fourth-order valence-corrected chi connectivity index (χ4v) is 2.76. The van der Waals surface area contributed by atoms with E-state index in [4.69, 9.17) is 16.1 Å². The Kier molecular flexibility index (Phi) is 8.60. The molecule has 0 radical (unpaired) electrons. The largest absolute Gasteiger partial charge is 0.356 e. The highest BCUT2D eigenvalue weighted by molar-refractivity contribution is 14.0. The van der Waals surface area contributed by atoms with Crippen LogP contribution in [-0.4, -0.2) is 24.7 Å². The number of hydrogen-bond donors (Lipinski definition) is 2. The summed E-state index contributed by atoms with van der Waals surface area (Å²) in [6.07, 6.45) is 0.864. The Morgan fingerprint density at radius 2 is 1.89 bits per heavy atom. The molecule has 0 fully saturated rings. The van der Waals surface area contributed by atoms with Crippen LogP contribution in [0.4, 0.5) is 0 Å². The van der Waals surface area contributed by atoms with Crippen LogP contribution in [0, 0.1) is 0 Å². The van der Waals surface area contributed by atoms with Crippen molar-refractivity contribution in [1.29, 1.82) is 0 Å². The molecule has 0 amide bonds. The molecule has 0 aliphatic rings. The van der Waals surface area contributed by atoms with Gasteiger partial charge in [0, 0.05) is 30.2 Å². The van der Waals surface area contributed by atoms with Gasteiger partial charge in [-0.1, -0.05) is 59.2 Å². The van der Waals surface area contributed by atoms with Crippen LogP contribution in [0.3, 0.4) is 0 Å². The zero-order chi connectivity index (χ0) is 18.2. The molecule has 0 atom stereocenters. The van der Waals surface area contributed by atoms with E-state index in [1.807, 2.05) is 54.6 Å². The van der Waals surface area contributed by atoms with Crippen LogP contribution >= 0.6 is 35.6 Å². The highest BCUT2D eigenvalue weighted by atomic mass is 127. The molecule has 5 nitrogen and oxygen atoms in total. The van der Waals surface area contributed by atoms with Gasteiger partial charge in [-0.25, -0.2) is 0 Å². The number of hydrogen-bond acceptors (Lipinski definition) is 3. The number of nitrogens with one attached hydrogen (secondary N) is 2. The third-order valence-electron chi connectivity index (χ3n) is 3.87. The van der Waals surface area contributed by atoms with Crippen LogP contribution in [0.2, 0.25) is 5.02 Å². The first-order chi connectivity index (χ1) is 12.7. The molecule has 1 heterocycles. The Bertz CT molecular complexity index is 867. The molecule has 0 saturated heterocycles. The SMILES string of the molecule is CN=C(NCCc1cccc(Cl)c1)NCc1cc(-c2ccccc2)on1.I. The Morgan fingerprint density at radius 1 is 1.07 bits per heavy atom. The van der Waals surface area contributed by atoms with E-state index >= 15 is 0 Å². The number of guanidine groups is 1. The number of aromatic nitrogens is 1. The second-order valence-electron chi connectivity index (χ2n) is 5.78. The first-order valence-electron chi connectivity index (χ1n) is 8.44. The predicted molar refractivity (Wildman–Crippen MR) is 121 cm³/mol. The van der Waals surface area contributed by atoms with Crippen molar-refractivity contribution in [3.63, 3.8) is 0 Å². The minimum Gasteiger partial charge on any atom is -0.356 e. The number of nitrogens with zero attached hydrogens (tertiary/aromatic N) is 2. The highest BCUT2D eigenvalue weighted by Crippen LogP contribution is 2.19. The molecule has 7 heteroatoms. The minimum absolute atomic E-state index is 0. The third-order valence-corrected chi connectivity index (χ3v) is 4.11. The first-order valence-corrected chi connectivity index (χ1v) is 8.82. The zero-order valence-corrected chi connectivity index (χ0v) is 18.1. The van der Waals surface area contributed by atoms with E-state index in [2.05, 4.69) is 26.8 Å². The molecular formula is C20H22ClIN4O. The fourth-order valence-electron chi connectivity index (χ4n) is 2.55. The quantitative estimate of drug-likeness (QED) is 0.299. The van der Waals surface area contributed by atoms with E-state index in [9.17, 15) is 0 Å². The Hall–Kier alpha value is -2.06. The van der Waals surface area contributed by atoms with Crippen LogP contribution in [0.5, 0.6) is 0 Å². The van der Waals surface area contributed by atoms with Gasteiger partial charge in [0.2, 0.25) is 0 Å². The topological polar surface area (TPSA) is 62.5 Å². The van der Waals surface area contributed by atoms with Crippen LogP contribution in [0.25, 0.3) is 11.3 Å². The summed E-state index contributed by atoms with van der Waals surface area (Å²) in [4.78, 5) is 4.23. The van der Waals surface area contributed by atoms with E-state index in [0.717, 1.165) is 41.0 Å². The maximum Gasteiger partial charge on any atom is 0.191 e. The second-order valence-corrected chi connectivity index (χ2v) is 6.22. The van der Waals surface area contributed by atoms with Crippen molar-refractivity contribution in [2.75, 3.05) is 13.6 Å². The predicted octanol–water partition coefficient (Wildman–Crippen LogP) is 4.52. The van der Waals surface area contributed by atoms with Gasteiger partial charge in [0.15, 0.2) is 11.7 Å². The number of aliphatic imine (C=N–C) groups is 1. The molecule has 27 heavy (non-hydrogen) atoms. The lowest BCUT2D eigenvalue weighted by Crippen LogP contribution is -2.37. The lowest BCUT2D eigenvalue weighted by Gasteiger charge is -2.10. The fraction of sp³-hybridized carbons (Fsp3) is 0.200. The Balaban J connectivity index is 0.00000261. The monoisotopic (exact) mass is 496 g/mol. The van der Waals surface area contributed by atoms with Gasteiger partial charge in [-0.2, -0.15) is 0 Å². The van der Waals surface area contributed by atoms with Crippen LogP contribution in [0.15, 0.2) is 70.2 Å². The zero-order valence-electron chi connectivity index (χ0n) is 15.0. The summed E-state index contributed by atoms with van der Waals surface area (Å²) in [6, 6.07) is 19.7. The maximum atomic E-state index is 6.01. The normalized spacial score (nSPS) is 11.0. The van der Waals surface area contributed by atoms with Crippen molar-refractivity contribution in [2.45, 2.75) is 13.0 Å². The summed E-state index contributed by atoms with van der Waals surface area (Å²) in [5, 5.41) is 11.4. The average molecular weight is 497 g/mol.